The smallest absolute Gasteiger partial charge is 0.217 e. The number of aromatic nitrogens is 3. The Bertz CT molecular complexity index is 1900. The third kappa shape index (κ3) is 3.52. The summed E-state index contributed by atoms with van der Waals surface area (Å²) in [5, 5.41) is 15.6. The van der Waals surface area contributed by atoms with Gasteiger partial charge in [-0.15, -0.1) is 17.5 Å². The largest absolute Gasteiger partial charge is 0.505 e. The van der Waals surface area contributed by atoms with Gasteiger partial charge in [-0.25, -0.2) is 9.97 Å². The molecule has 0 radical (unpaired) electrons. The third-order valence-electron chi connectivity index (χ3n) is 6.30. The molecule has 0 aliphatic rings. The Labute approximate surface area is 220 Å². The number of ether oxygens (including phenoxy) is 1. The van der Waals surface area contributed by atoms with E-state index in [9.17, 15) is 5.11 Å². The molecule has 7 rings (SSSR count). The molecular weight excluding hydrogens is 629 g/mol. The summed E-state index contributed by atoms with van der Waals surface area (Å²) in [6.07, 6.45) is 1.78. The third-order valence-corrected chi connectivity index (χ3v) is 6.30. The van der Waals surface area contributed by atoms with Gasteiger partial charge in [0, 0.05) is 55.4 Å². The van der Waals surface area contributed by atoms with E-state index in [0.717, 1.165) is 43.8 Å². The van der Waals surface area contributed by atoms with Gasteiger partial charge in [0.05, 0.1) is 0 Å². The molecule has 0 saturated heterocycles. The van der Waals surface area contributed by atoms with E-state index in [0.29, 0.717) is 17.1 Å². The van der Waals surface area contributed by atoms with Crippen molar-refractivity contribution in [3.05, 3.63) is 109 Å². The number of aromatic hydroxyl groups is 1. The zero-order valence-electron chi connectivity index (χ0n) is 18.8. The number of hydrogen-bond donors (Lipinski definition) is 1. The van der Waals surface area contributed by atoms with Crippen LogP contribution in [0.2, 0.25) is 0 Å². The second kappa shape index (κ2) is 8.78. The topological polar surface area (TPSA) is 60.2 Å². The molecule has 0 aliphatic carbocycles. The Morgan fingerprint density at radius 2 is 1.56 bits per heavy atom. The van der Waals surface area contributed by atoms with Crippen LogP contribution >= 0.6 is 0 Å². The van der Waals surface area contributed by atoms with Crippen LogP contribution in [0.15, 0.2) is 103 Å². The maximum atomic E-state index is 10.8. The van der Waals surface area contributed by atoms with Crippen molar-refractivity contribution in [3.8, 4) is 23.2 Å². The second-order valence-corrected chi connectivity index (χ2v) is 8.39. The summed E-state index contributed by atoms with van der Waals surface area (Å²) in [7, 11) is 0. The molecule has 176 valence electrons. The standard InChI is InChI=1S/C30H18N3O2.Pt/c34-30-22-8-2-1-7-19(22)17-20-12-15-28(32-29(20)30)35-21-13-14-24-23-9-3-4-10-25(23)33(26(24)18-21)27-11-5-6-16-31-27;/h1-17,34H;/q-1;. The fourth-order valence-corrected chi connectivity index (χ4v) is 4.72. The van der Waals surface area contributed by atoms with Crippen molar-refractivity contribution in [1.82, 2.24) is 14.5 Å². The van der Waals surface area contributed by atoms with Crippen LogP contribution in [0.5, 0.6) is 17.4 Å². The van der Waals surface area contributed by atoms with Gasteiger partial charge < -0.3 is 14.4 Å². The van der Waals surface area contributed by atoms with Crippen LogP contribution in [-0.4, -0.2) is 19.6 Å². The molecule has 7 aromatic rings. The summed E-state index contributed by atoms with van der Waals surface area (Å²) >= 11 is 0. The molecule has 3 heterocycles. The van der Waals surface area contributed by atoms with E-state index in [1.165, 1.54) is 0 Å². The first-order chi connectivity index (χ1) is 17.3. The van der Waals surface area contributed by atoms with E-state index < -0.39 is 0 Å². The fraction of sp³-hybridized carbons (Fsp3) is 0. The normalized spacial score (nSPS) is 11.2. The van der Waals surface area contributed by atoms with Crippen LogP contribution in [0.1, 0.15) is 0 Å². The van der Waals surface area contributed by atoms with Crippen molar-refractivity contribution in [1.29, 1.82) is 0 Å². The molecule has 0 unspecified atom stereocenters. The number of rotatable bonds is 3. The first-order valence-electron chi connectivity index (χ1n) is 11.3. The molecule has 0 amide bonds. The zero-order chi connectivity index (χ0) is 23.4. The molecule has 1 N–H and O–H groups in total. The Balaban J connectivity index is 0.00000240. The van der Waals surface area contributed by atoms with Gasteiger partial charge >= 0.3 is 0 Å². The number of hydrogen-bond acceptors (Lipinski definition) is 4. The average Bonchev–Trinajstić information content (AvgIpc) is 3.23. The van der Waals surface area contributed by atoms with Gasteiger partial charge in [0.15, 0.2) is 0 Å². The van der Waals surface area contributed by atoms with Gasteiger partial charge in [-0.2, -0.15) is 6.07 Å². The average molecular weight is 648 g/mol. The van der Waals surface area contributed by atoms with E-state index in [1.54, 1.807) is 6.20 Å². The van der Waals surface area contributed by atoms with Gasteiger partial charge in [0.1, 0.15) is 17.1 Å². The van der Waals surface area contributed by atoms with E-state index in [2.05, 4.69) is 32.7 Å². The van der Waals surface area contributed by atoms with Gasteiger partial charge in [-0.3, -0.25) is 0 Å². The van der Waals surface area contributed by atoms with Crippen LogP contribution in [0.25, 0.3) is 49.3 Å². The summed E-state index contributed by atoms with van der Waals surface area (Å²) in [5.41, 5.74) is 2.43. The van der Waals surface area contributed by atoms with Crippen LogP contribution in [0.4, 0.5) is 0 Å². The van der Waals surface area contributed by atoms with Crippen molar-refractivity contribution in [2.75, 3.05) is 0 Å². The Kier molecular flexibility index (Phi) is 5.43. The van der Waals surface area contributed by atoms with E-state index in [1.807, 2.05) is 84.9 Å². The van der Waals surface area contributed by atoms with Crippen molar-refractivity contribution in [2.45, 2.75) is 0 Å². The number of para-hydroxylation sites is 1. The summed E-state index contributed by atoms with van der Waals surface area (Å²) < 4.78 is 8.22. The van der Waals surface area contributed by atoms with Gasteiger partial charge in [0.25, 0.3) is 0 Å². The fourth-order valence-electron chi connectivity index (χ4n) is 4.72. The van der Waals surface area contributed by atoms with Crippen molar-refractivity contribution in [3.63, 3.8) is 0 Å². The monoisotopic (exact) mass is 647 g/mol. The van der Waals surface area contributed by atoms with Crippen molar-refractivity contribution < 1.29 is 30.9 Å². The van der Waals surface area contributed by atoms with Crippen molar-refractivity contribution in [2.24, 2.45) is 0 Å². The SMILES string of the molecule is Oc1c2ccccc2cc2ccc(Oc3[c-]c4c(cc3)c3ccccc3n4-c3ccccn3)nc12.[Pt]. The predicted molar refractivity (Wildman–Crippen MR) is 138 cm³/mol. The molecule has 3 aromatic heterocycles. The minimum Gasteiger partial charge on any atom is -0.505 e. The molecule has 0 fully saturated rings. The molecule has 6 heteroatoms. The van der Waals surface area contributed by atoms with Crippen LogP contribution in [-0.2, 0) is 21.1 Å². The van der Waals surface area contributed by atoms with Crippen molar-refractivity contribution >= 4 is 43.5 Å². The maximum Gasteiger partial charge on any atom is 0.217 e. The summed E-state index contributed by atoms with van der Waals surface area (Å²) in [6.45, 7) is 0. The molecule has 0 atom stereocenters. The number of fused-ring (bicyclic) bond motifs is 5. The zero-order valence-corrected chi connectivity index (χ0v) is 21.1. The Morgan fingerprint density at radius 1 is 0.750 bits per heavy atom. The number of pyridine rings is 2. The summed E-state index contributed by atoms with van der Waals surface area (Å²) in [6, 6.07) is 34.9. The molecule has 5 nitrogen and oxygen atoms in total. The van der Waals surface area contributed by atoms with Gasteiger partial charge in [-0.1, -0.05) is 54.0 Å². The predicted octanol–water partition coefficient (Wildman–Crippen LogP) is 7.18. The van der Waals surface area contributed by atoms with Gasteiger partial charge in [-0.05, 0) is 41.1 Å². The Hall–Kier alpha value is -4.21. The molecule has 4 aromatic carbocycles. The molecular formula is C30H18N3O2Pt-. The second-order valence-electron chi connectivity index (χ2n) is 8.39. The molecule has 36 heavy (non-hydrogen) atoms. The van der Waals surface area contributed by atoms with E-state index in [-0.39, 0.29) is 26.8 Å². The maximum absolute atomic E-state index is 10.8. The summed E-state index contributed by atoms with van der Waals surface area (Å²) in [4.78, 5) is 9.18. The minimum absolute atomic E-state index is 0. The molecule has 0 saturated carbocycles. The van der Waals surface area contributed by atoms with Crippen LogP contribution in [0.3, 0.4) is 0 Å². The molecule has 0 aliphatic heterocycles. The Morgan fingerprint density at radius 3 is 2.42 bits per heavy atom. The van der Waals surface area contributed by atoms with Crippen LogP contribution < -0.4 is 4.74 Å². The quantitative estimate of drug-likeness (QED) is 0.163. The number of nitrogens with zero attached hydrogens (tertiary/aromatic N) is 3. The number of phenolic OH excluding ortho intramolecular Hbond substituents is 1. The number of benzene rings is 4. The number of phenols is 1. The van der Waals surface area contributed by atoms with E-state index >= 15 is 0 Å². The minimum atomic E-state index is 0. The first kappa shape index (κ1) is 22.3. The first-order valence-corrected chi connectivity index (χ1v) is 11.3. The summed E-state index contributed by atoms with van der Waals surface area (Å²) in [5.74, 6) is 1.88. The molecule has 0 spiro atoms. The molecule has 0 bridgehead atoms. The van der Waals surface area contributed by atoms with E-state index in [4.69, 9.17) is 4.74 Å². The van der Waals surface area contributed by atoms with Gasteiger partial charge in [0.2, 0.25) is 5.88 Å². The van der Waals surface area contributed by atoms with Crippen LogP contribution in [0, 0.1) is 6.07 Å².